The van der Waals surface area contributed by atoms with Gasteiger partial charge in [0.1, 0.15) is 0 Å². The van der Waals surface area contributed by atoms with Gasteiger partial charge in [0.2, 0.25) is 0 Å². The Morgan fingerprint density at radius 3 is 2.57 bits per heavy atom. The Labute approximate surface area is 123 Å². The van der Waals surface area contributed by atoms with E-state index >= 15 is 0 Å². The van der Waals surface area contributed by atoms with E-state index in [-0.39, 0.29) is 5.41 Å². The SMILES string of the molecule is COC(=O)c1ccc(Nc2cc(C(C)(C)C)[nH]n2)c(N)c1. The van der Waals surface area contributed by atoms with Crippen LogP contribution in [0.15, 0.2) is 24.3 Å². The quantitative estimate of drug-likeness (QED) is 0.596. The zero-order valence-corrected chi connectivity index (χ0v) is 12.7. The van der Waals surface area contributed by atoms with Gasteiger partial charge in [-0.05, 0) is 18.2 Å². The maximum Gasteiger partial charge on any atom is 0.337 e. The molecule has 0 aliphatic heterocycles. The third-order valence-corrected chi connectivity index (χ3v) is 3.12. The van der Waals surface area contributed by atoms with E-state index in [1.54, 1.807) is 18.2 Å². The fraction of sp³-hybridized carbons (Fsp3) is 0.333. The maximum atomic E-state index is 11.4. The van der Waals surface area contributed by atoms with Crippen LogP contribution in [-0.4, -0.2) is 23.3 Å². The van der Waals surface area contributed by atoms with Gasteiger partial charge in [-0.2, -0.15) is 5.10 Å². The molecule has 0 amide bonds. The number of benzene rings is 1. The molecule has 0 saturated carbocycles. The molecule has 2 aromatic rings. The normalized spacial score (nSPS) is 11.2. The molecule has 6 heteroatoms. The van der Waals surface area contributed by atoms with Crippen molar-refractivity contribution in [2.24, 2.45) is 0 Å². The van der Waals surface area contributed by atoms with Crippen molar-refractivity contribution >= 4 is 23.2 Å². The smallest absolute Gasteiger partial charge is 0.337 e. The molecule has 112 valence electrons. The summed E-state index contributed by atoms with van der Waals surface area (Å²) in [4.78, 5) is 11.4. The van der Waals surface area contributed by atoms with E-state index < -0.39 is 5.97 Å². The Morgan fingerprint density at radius 2 is 2.05 bits per heavy atom. The summed E-state index contributed by atoms with van der Waals surface area (Å²) in [5.74, 6) is 0.264. The number of aromatic nitrogens is 2. The average molecular weight is 288 g/mol. The lowest BCUT2D eigenvalue weighted by molar-refractivity contribution is 0.0601. The molecule has 1 heterocycles. The molecule has 0 bridgehead atoms. The Bertz CT molecular complexity index is 656. The number of ether oxygens (including phenoxy) is 1. The number of carbonyl (C=O) groups excluding carboxylic acids is 1. The minimum Gasteiger partial charge on any atom is -0.465 e. The van der Waals surface area contributed by atoms with E-state index in [0.717, 1.165) is 5.69 Å². The second-order valence-corrected chi connectivity index (χ2v) is 5.84. The van der Waals surface area contributed by atoms with Gasteiger partial charge in [0, 0.05) is 17.2 Å². The van der Waals surface area contributed by atoms with Gasteiger partial charge in [0.05, 0.1) is 24.0 Å². The number of hydrogen-bond acceptors (Lipinski definition) is 5. The van der Waals surface area contributed by atoms with Gasteiger partial charge >= 0.3 is 5.97 Å². The summed E-state index contributed by atoms with van der Waals surface area (Å²) in [6, 6.07) is 6.90. The number of nitrogens with zero attached hydrogens (tertiary/aromatic N) is 1. The second-order valence-electron chi connectivity index (χ2n) is 5.84. The molecule has 0 aliphatic rings. The summed E-state index contributed by atoms with van der Waals surface area (Å²) in [5, 5.41) is 10.3. The standard InChI is InChI=1S/C15H20N4O2/c1-15(2,3)12-8-13(19-18-12)17-11-6-5-9(7-10(11)16)14(20)21-4/h5-8H,16H2,1-4H3,(H2,17,18,19). The van der Waals surface area contributed by atoms with Crippen molar-refractivity contribution in [1.29, 1.82) is 0 Å². The molecule has 1 aromatic carbocycles. The van der Waals surface area contributed by atoms with E-state index in [4.69, 9.17) is 5.73 Å². The Balaban J connectivity index is 2.20. The molecule has 0 aliphatic carbocycles. The predicted molar refractivity (Wildman–Crippen MR) is 82.8 cm³/mol. The molecule has 0 saturated heterocycles. The van der Waals surface area contributed by atoms with Gasteiger partial charge in [-0.25, -0.2) is 4.79 Å². The third kappa shape index (κ3) is 3.34. The number of carbonyl (C=O) groups is 1. The van der Waals surface area contributed by atoms with Gasteiger partial charge in [-0.15, -0.1) is 0 Å². The fourth-order valence-electron chi connectivity index (χ4n) is 1.83. The number of nitrogens with two attached hydrogens (primary N) is 1. The van der Waals surface area contributed by atoms with Gasteiger partial charge in [-0.3, -0.25) is 5.10 Å². The number of esters is 1. The number of nitrogens with one attached hydrogen (secondary N) is 2. The summed E-state index contributed by atoms with van der Waals surface area (Å²) >= 11 is 0. The molecule has 0 radical (unpaired) electrons. The van der Waals surface area contributed by atoms with Crippen LogP contribution >= 0.6 is 0 Å². The van der Waals surface area contributed by atoms with E-state index in [1.165, 1.54) is 7.11 Å². The van der Waals surface area contributed by atoms with Crippen molar-refractivity contribution in [1.82, 2.24) is 10.2 Å². The van der Waals surface area contributed by atoms with Crippen molar-refractivity contribution in [3.05, 3.63) is 35.5 Å². The Morgan fingerprint density at radius 1 is 1.33 bits per heavy atom. The zero-order chi connectivity index (χ0) is 15.6. The van der Waals surface area contributed by atoms with Crippen LogP contribution in [-0.2, 0) is 10.2 Å². The number of methoxy groups -OCH3 is 1. The van der Waals surface area contributed by atoms with Crippen molar-refractivity contribution in [2.45, 2.75) is 26.2 Å². The number of hydrogen-bond donors (Lipinski definition) is 3. The lowest BCUT2D eigenvalue weighted by Gasteiger charge is -2.14. The van der Waals surface area contributed by atoms with Gasteiger partial charge in [0.15, 0.2) is 5.82 Å². The van der Waals surface area contributed by atoms with Crippen LogP contribution < -0.4 is 11.1 Å². The lowest BCUT2D eigenvalue weighted by atomic mass is 9.92. The molecular formula is C15H20N4O2. The molecule has 2 rings (SSSR count). The van der Waals surface area contributed by atoms with E-state index in [2.05, 4.69) is 41.0 Å². The van der Waals surface area contributed by atoms with Crippen LogP contribution in [0, 0.1) is 0 Å². The zero-order valence-electron chi connectivity index (χ0n) is 12.7. The number of nitrogen functional groups attached to an aromatic ring is 1. The largest absolute Gasteiger partial charge is 0.465 e. The number of H-pyrrole nitrogens is 1. The lowest BCUT2D eigenvalue weighted by Crippen LogP contribution is -2.11. The molecule has 4 N–H and O–H groups in total. The van der Waals surface area contributed by atoms with Gasteiger partial charge in [-0.1, -0.05) is 20.8 Å². The first-order valence-electron chi connectivity index (χ1n) is 6.62. The average Bonchev–Trinajstić information content (AvgIpc) is 2.88. The van der Waals surface area contributed by atoms with Crippen molar-refractivity contribution < 1.29 is 9.53 Å². The van der Waals surface area contributed by atoms with E-state index in [0.29, 0.717) is 22.8 Å². The molecule has 21 heavy (non-hydrogen) atoms. The van der Waals surface area contributed by atoms with Crippen LogP contribution in [0.25, 0.3) is 0 Å². The molecule has 0 atom stereocenters. The highest BCUT2D eigenvalue weighted by Gasteiger charge is 2.17. The van der Waals surface area contributed by atoms with Crippen LogP contribution in [0.5, 0.6) is 0 Å². The third-order valence-electron chi connectivity index (χ3n) is 3.12. The van der Waals surface area contributed by atoms with E-state index in [9.17, 15) is 4.79 Å². The summed E-state index contributed by atoms with van der Waals surface area (Å²) in [7, 11) is 1.34. The highest BCUT2D eigenvalue weighted by Crippen LogP contribution is 2.26. The summed E-state index contributed by atoms with van der Waals surface area (Å²) in [5.41, 5.74) is 8.52. The van der Waals surface area contributed by atoms with E-state index in [1.807, 2.05) is 6.07 Å². The molecule has 6 nitrogen and oxygen atoms in total. The number of rotatable bonds is 3. The highest BCUT2D eigenvalue weighted by molar-refractivity contribution is 5.92. The topological polar surface area (TPSA) is 93.0 Å². The Kier molecular flexibility index (Phi) is 3.88. The van der Waals surface area contributed by atoms with Gasteiger partial charge in [0.25, 0.3) is 0 Å². The number of anilines is 3. The first-order chi connectivity index (χ1) is 9.81. The molecule has 0 unspecified atom stereocenters. The van der Waals surface area contributed by atoms with Crippen molar-refractivity contribution in [3.8, 4) is 0 Å². The van der Waals surface area contributed by atoms with Crippen LogP contribution in [0.4, 0.5) is 17.2 Å². The monoisotopic (exact) mass is 288 g/mol. The molecule has 0 fully saturated rings. The first kappa shape index (κ1) is 14.9. The summed E-state index contributed by atoms with van der Waals surface area (Å²) < 4.78 is 4.66. The Hall–Kier alpha value is -2.50. The first-order valence-corrected chi connectivity index (χ1v) is 6.62. The fourth-order valence-corrected chi connectivity index (χ4v) is 1.83. The summed E-state index contributed by atoms with van der Waals surface area (Å²) in [6.07, 6.45) is 0. The van der Waals surface area contributed by atoms with Crippen LogP contribution in [0.1, 0.15) is 36.8 Å². The van der Waals surface area contributed by atoms with Gasteiger partial charge < -0.3 is 15.8 Å². The summed E-state index contributed by atoms with van der Waals surface area (Å²) in [6.45, 7) is 6.30. The minimum absolute atomic E-state index is 0.00673. The van der Waals surface area contributed by atoms with Crippen LogP contribution in [0.3, 0.4) is 0 Å². The molecule has 1 aromatic heterocycles. The minimum atomic E-state index is -0.414. The van der Waals surface area contributed by atoms with Crippen molar-refractivity contribution in [2.75, 3.05) is 18.2 Å². The van der Waals surface area contributed by atoms with Crippen LogP contribution in [0.2, 0.25) is 0 Å². The molecule has 0 spiro atoms. The second kappa shape index (κ2) is 5.47. The van der Waals surface area contributed by atoms with Crippen molar-refractivity contribution in [3.63, 3.8) is 0 Å². The predicted octanol–water partition coefficient (Wildman–Crippen LogP) is 2.82. The highest BCUT2D eigenvalue weighted by atomic mass is 16.5. The maximum absolute atomic E-state index is 11.4. The molecular weight excluding hydrogens is 268 g/mol. The number of aromatic amines is 1.